The van der Waals surface area contributed by atoms with Crippen LogP contribution in [0.4, 0.5) is 0 Å². The van der Waals surface area contributed by atoms with Gasteiger partial charge in [0.15, 0.2) is 6.29 Å². The Kier molecular flexibility index (Phi) is 4.41. The van der Waals surface area contributed by atoms with E-state index >= 15 is 0 Å². The van der Waals surface area contributed by atoms with E-state index in [0.29, 0.717) is 0 Å². The van der Waals surface area contributed by atoms with Crippen molar-refractivity contribution in [3.8, 4) is 0 Å². The van der Waals surface area contributed by atoms with Crippen molar-refractivity contribution in [3.63, 3.8) is 0 Å². The SMILES string of the molecule is O=P([O-])([O-])OC[C@H]1O[C@H](O)[C@H](O)[C@H](O)[C@@H]1O. The van der Waals surface area contributed by atoms with Gasteiger partial charge in [-0.1, -0.05) is 0 Å². The monoisotopic (exact) mass is 258 g/mol. The van der Waals surface area contributed by atoms with Crippen LogP contribution in [-0.4, -0.2) is 57.7 Å². The first-order chi connectivity index (χ1) is 7.22. The van der Waals surface area contributed by atoms with Crippen LogP contribution in [0.5, 0.6) is 0 Å². The zero-order chi connectivity index (χ0) is 12.5. The molecule has 1 rings (SSSR count). The van der Waals surface area contributed by atoms with Crippen LogP contribution in [0, 0.1) is 0 Å². The van der Waals surface area contributed by atoms with Gasteiger partial charge in [-0.2, -0.15) is 0 Å². The molecule has 1 heterocycles. The van der Waals surface area contributed by atoms with Gasteiger partial charge in [0.05, 0.1) is 14.4 Å². The largest absolute Gasteiger partial charge is 0.790 e. The maximum atomic E-state index is 10.1. The number of phosphoric ester groups is 1. The van der Waals surface area contributed by atoms with E-state index in [2.05, 4.69) is 9.26 Å². The fourth-order valence-electron chi connectivity index (χ4n) is 1.23. The summed E-state index contributed by atoms with van der Waals surface area (Å²) in [5.41, 5.74) is 0. The normalized spacial score (nSPS) is 41.0. The summed E-state index contributed by atoms with van der Waals surface area (Å²) >= 11 is 0. The third-order valence-electron chi connectivity index (χ3n) is 2.08. The van der Waals surface area contributed by atoms with E-state index in [1.54, 1.807) is 0 Å². The molecule has 0 spiro atoms. The third-order valence-corrected chi connectivity index (χ3v) is 2.55. The predicted molar refractivity (Wildman–Crippen MR) is 42.5 cm³/mol. The zero-order valence-corrected chi connectivity index (χ0v) is 8.77. The fourth-order valence-corrected chi connectivity index (χ4v) is 1.56. The first kappa shape index (κ1) is 14.0. The van der Waals surface area contributed by atoms with E-state index in [-0.39, 0.29) is 0 Å². The summed E-state index contributed by atoms with van der Waals surface area (Å²) in [7, 11) is -5.23. The van der Waals surface area contributed by atoms with Crippen molar-refractivity contribution in [2.24, 2.45) is 0 Å². The summed E-state index contributed by atoms with van der Waals surface area (Å²) in [5, 5.41) is 36.6. The molecule has 0 amide bonds. The number of aliphatic hydroxyl groups excluding tert-OH is 4. The molecule has 5 atom stereocenters. The third kappa shape index (κ3) is 3.45. The molecule has 10 heteroatoms. The standard InChI is InChI=1S/C6H13O9P/c7-3-2(1-14-16(11,12)13)15-6(10)5(9)4(3)8/h2-10H,1H2,(H2,11,12,13)/p-2/t2-,3-,4-,5-,6+/m1/s1. The van der Waals surface area contributed by atoms with Gasteiger partial charge in [0.2, 0.25) is 0 Å². The van der Waals surface area contributed by atoms with Crippen LogP contribution in [0.3, 0.4) is 0 Å². The second-order valence-corrected chi connectivity index (χ2v) is 4.43. The molecule has 1 aliphatic rings. The lowest BCUT2D eigenvalue weighted by molar-refractivity contribution is -0.347. The van der Waals surface area contributed by atoms with Gasteiger partial charge in [-0.05, 0) is 0 Å². The smallest absolute Gasteiger partial charge is 0.184 e. The van der Waals surface area contributed by atoms with E-state index < -0.39 is 45.1 Å². The van der Waals surface area contributed by atoms with Gasteiger partial charge in [0.25, 0.3) is 0 Å². The average Bonchev–Trinajstić information content (AvgIpc) is 2.17. The van der Waals surface area contributed by atoms with Crippen LogP contribution in [0.25, 0.3) is 0 Å². The number of hydrogen-bond donors (Lipinski definition) is 4. The summed E-state index contributed by atoms with van der Waals surface area (Å²) in [4.78, 5) is 20.3. The van der Waals surface area contributed by atoms with Crippen molar-refractivity contribution in [1.82, 2.24) is 0 Å². The topological polar surface area (TPSA) is 163 Å². The number of rotatable bonds is 3. The molecule has 0 radical (unpaired) electrons. The molecule has 0 aromatic rings. The van der Waals surface area contributed by atoms with Gasteiger partial charge in [-0.25, -0.2) is 0 Å². The summed E-state index contributed by atoms with van der Waals surface area (Å²) in [6.45, 7) is -0.855. The molecule has 0 saturated carbocycles. The predicted octanol–water partition coefficient (Wildman–Crippen LogP) is -4.37. The van der Waals surface area contributed by atoms with Crippen LogP contribution < -0.4 is 9.79 Å². The molecule has 0 aliphatic carbocycles. The number of phosphoric acid groups is 1. The van der Waals surface area contributed by atoms with Gasteiger partial charge in [0, 0.05) is 0 Å². The van der Waals surface area contributed by atoms with Crippen molar-refractivity contribution in [1.29, 1.82) is 0 Å². The Balaban J connectivity index is 2.57. The minimum Gasteiger partial charge on any atom is -0.790 e. The van der Waals surface area contributed by atoms with Gasteiger partial charge in [-0.15, -0.1) is 0 Å². The zero-order valence-electron chi connectivity index (χ0n) is 7.87. The minimum atomic E-state index is -5.23. The summed E-state index contributed by atoms with van der Waals surface area (Å²) < 4.78 is 18.5. The van der Waals surface area contributed by atoms with Crippen molar-refractivity contribution >= 4 is 7.82 Å². The molecular formula is C6H11O9P-2. The highest BCUT2D eigenvalue weighted by Gasteiger charge is 2.43. The Bertz CT molecular complexity index is 277. The molecule has 16 heavy (non-hydrogen) atoms. The second kappa shape index (κ2) is 5.05. The number of ether oxygens (including phenoxy) is 1. The van der Waals surface area contributed by atoms with E-state index in [1.165, 1.54) is 0 Å². The molecule has 0 unspecified atom stereocenters. The maximum Gasteiger partial charge on any atom is 0.184 e. The highest BCUT2D eigenvalue weighted by atomic mass is 31.2. The van der Waals surface area contributed by atoms with Crippen LogP contribution in [-0.2, 0) is 13.8 Å². The highest BCUT2D eigenvalue weighted by molar-refractivity contribution is 7.43. The molecule has 0 bridgehead atoms. The molecule has 0 aromatic heterocycles. The average molecular weight is 258 g/mol. The molecular weight excluding hydrogens is 247 g/mol. The van der Waals surface area contributed by atoms with Gasteiger partial charge in [-0.3, -0.25) is 0 Å². The lowest BCUT2D eigenvalue weighted by Gasteiger charge is -2.39. The van der Waals surface area contributed by atoms with Crippen molar-refractivity contribution in [3.05, 3.63) is 0 Å². The van der Waals surface area contributed by atoms with E-state index in [4.69, 9.17) is 10.2 Å². The first-order valence-electron chi connectivity index (χ1n) is 4.26. The van der Waals surface area contributed by atoms with Crippen LogP contribution in [0.2, 0.25) is 0 Å². The van der Waals surface area contributed by atoms with Crippen molar-refractivity contribution in [2.75, 3.05) is 6.61 Å². The van der Waals surface area contributed by atoms with E-state index in [9.17, 15) is 24.6 Å². The Morgan fingerprint density at radius 2 is 1.69 bits per heavy atom. The molecule has 9 nitrogen and oxygen atoms in total. The molecule has 1 fully saturated rings. The Labute approximate surface area is 90.1 Å². The molecule has 4 N–H and O–H groups in total. The summed E-state index contributed by atoms with van der Waals surface area (Å²) in [6, 6.07) is 0. The minimum absolute atomic E-state index is 0.855. The van der Waals surface area contributed by atoms with E-state index in [1.807, 2.05) is 0 Å². The van der Waals surface area contributed by atoms with Crippen molar-refractivity contribution in [2.45, 2.75) is 30.7 Å². The van der Waals surface area contributed by atoms with Gasteiger partial charge >= 0.3 is 0 Å². The quantitative estimate of drug-likeness (QED) is 0.366. The molecule has 1 saturated heterocycles. The first-order valence-corrected chi connectivity index (χ1v) is 5.73. The van der Waals surface area contributed by atoms with Gasteiger partial charge in [0.1, 0.15) is 24.4 Å². The lowest BCUT2D eigenvalue weighted by atomic mass is 10.00. The summed E-state index contributed by atoms with van der Waals surface area (Å²) in [6.07, 6.45) is -8.35. The molecule has 0 aromatic carbocycles. The van der Waals surface area contributed by atoms with E-state index in [0.717, 1.165) is 0 Å². The molecule has 1 aliphatic heterocycles. The maximum absolute atomic E-state index is 10.1. The Hall–Kier alpha value is -0.0900. The number of aliphatic hydroxyl groups is 4. The fraction of sp³-hybridized carbons (Fsp3) is 1.00. The second-order valence-electron chi connectivity index (χ2n) is 3.28. The molecule has 96 valence electrons. The van der Waals surface area contributed by atoms with Crippen LogP contribution >= 0.6 is 7.82 Å². The Morgan fingerprint density at radius 1 is 1.12 bits per heavy atom. The lowest BCUT2D eigenvalue weighted by Crippen LogP contribution is -2.58. The van der Waals surface area contributed by atoms with Crippen LogP contribution in [0.1, 0.15) is 0 Å². The number of hydrogen-bond acceptors (Lipinski definition) is 9. The van der Waals surface area contributed by atoms with Gasteiger partial charge < -0.3 is 44.0 Å². The summed E-state index contributed by atoms with van der Waals surface area (Å²) in [5.74, 6) is 0. The van der Waals surface area contributed by atoms with Crippen molar-refractivity contribution < 1.29 is 44.0 Å². The van der Waals surface area contributed by atoms with Crippen LogP contribution in [0.15, 0.2) is 0 Å². The Morgan fingerprint density at radius 3 is 2.19 bits per heavy atom. The highest BCUT2D eigenvalue weighted by Crippen LogP contribution is 2.27.